The van der Waals surface area contributed by atoms with Gasteiger partial charge in [0.1, 0.15) is 19.3 Å². The van der Waals surface area contributed by atoms with Crippen LogP contribution in [0.4, 0.5) is 0 Å². The zero-order chi connectivity index (χ0) is 18.7. The van der Waals surface area contributed by atoms with Crippen molar-refractivity contribution in [3.63, 3.8) is 0 Å². The second-order valence-electron chi connectivity index (χ2n) is 5.96. The molecule has 3 N–H and O–H groups in total. The highest BCUT2D eigenvalue weighted by atomic mass is 35.5. The number of aliphatic hydroxyl groups excluding tert-OH is 1. The third-order valence-electron chi connectivity index (χ3n) is 4.08. The van der Waals surface area contributed by atoms with Crippen LogP contribution in [0.2, 0.25) is 5.02 Å². The third-order valence-corrected chi connectivity index (χ3v) is 4.36. The number of aliphatic hydroxyl groups is 1. The quantitative estimate of drug-likeness (QED) is 0.690. The summed E-state index contributed by atoms with van der Waals surface area (Å²) in [5.41, 5.74) is 1.28. The number of aromatic nitrogens is 2. The van der Waals surface area contributed by atoms with Gasteiger partial charge >= 0.3 is 0 Å². The summed E-state index contributed by atoms with van der Waals surface area (Å²) < 4.78 is 12.6. The van der Waals surface area contributed by atoms with E-state index in [1.54, 1.807) is 43.3 Å². The Morgan fingerprint density at radius 1 is 1.38 bits per heavy atom. The predicted molar refractivity (Wildman–Crippen MR) is 95.4 cm³/mol. The molecule has 2 heterocycles. The topological polar surface area (TPSA) is 97.6 Å². The number of carbonyl (C=O) groups is 1. The number of likely N-dealkylation sites (N-methyl/N-ethyl adjacent to an activating group) is 1. The van der Waals surface area contributed by atoms with E-state index in [-0.39, 0.29) is 12.5 Å². The van der Waals surface area contributed by atoms with Crippen LogP contribution in [-0.4, -0.2) is 47.6 Å². The van der Waals surface area contributed by atoms with Gasteiger partial charge < -0.3 is 25.2 Å². The highest BCUT2D eigenvalue weighted by molar-refractivity contribution is 6.32. The number of hydrogen-bond donors (Lipinski definition) is 3. The molecule has 3 rings (SSSR count). The van der Waals surface area contributed by atoms with E-state index >= 15 is 0 Å². The second-order valence-corrected chi connectivity index (χ2v) is 6.36. The smallest absolute Gasteiger partial charge is 0.241 e. The number of nitrogens with zero attached hydrogens (tertiary/aromatic N) is 2. The Hall–Kier alpha value is -2.29. The van der Waals surface area contributed by atoms with Gasteiger partial charge in [0.2, 0.25) is 5.91 Å². The van der Waals surface area contributed by atoms with Crippen LogP contribution in [0.3, 0.4) is 0 Å². The maximum atomic E-state index is 12.4. The zero-order valence-electron chi connectivity index (χ0n) is 14.5. The molecule has 8 nitrogen and oxygen atoms in total. The van der Waals surface area contributed by atoms with Crippen LogP contribution in [0.5, 0.6) is 11.5 Å². The molecule has 0 spiro atoms. The van der Waals surface area contributed by atoms with Crippen LogP contribution in [0.15, 0.2) is 24.5 Å². The van der Waals surface area contributed by atoms with Gasteiger partial charge in [0, 0.05) is 25.4 Å². The Morgan fingerprint density at radius 3 is 2.85 bits per heavy atom. The first-order valence-electron chi connectivity index (χ1n) is 8.20. The minimum Gasteiger partial charge on any atom is -0.486 e. The van der Waals surface area contributed by atoms with Gasteiger partial charge in [-0.25, -0.2) is 0 Å². The van der Waals surface area contributed by atoms with Crippen molar-refractivity contribution in [2.75, 3.05) is 26.8 Å². The Balaban J connectivity index is 1.65. The number of rotatable bonds is 6. The maximum absolute atomic E-state index is 12.4. The number of nitrogens with one attached hydrogen (secondary N) is 2. The largest absolute Gasteiger partial charge is 0.486 e. The summed E-state index contributed by atoms with van der Waals surface area (Å²) in [6, 6.07) is 2.73. The van der Waals surface area contributed by atoms with Crippen molar-refractivity contribution in [2.45, 2.75) is 12.1 Å². The first kappa shape index (κ1) is 18.5. The molecule has 0 saturated heterocycles. The fourth-order valence-corrected chi connectivity index (χ4v) is 3.05. The van der Waals surface area contributed by atoms with Crippen molar-refractivity contribution >= 4 is 17.5 Å². The minimum atomic E-state index is -0.932. The van der Waals surface area contributed by atoms with Crippen LogP contribution in [0, 0.1) is 0 Å². The Morgan fingerprint density at radius 2 is 2.15 bits per heavy atom. The van der Waals surface area contributed by atoms with Crippen molar-refractivity contribution in [3.05, 3.63) is 40.7 Å². The van der Waals surface area contributed by atoms with Crippen LogP contribution in [0.25, 0.3) is 0 Å². The molecule has 0 saturated carbocycles. The number of amides is 1. The summed E-state index contributed by atoms with van der Waals surface area (Å²) in [6.07, 6.45) is 2.45. The lowest BCUT2D eigenvalue weighted by molar-refractivity contribution is -0.123. The van der Waals surface area contributed by atoms with Gasteiger partial charge in [0.15, 0.2) is 11.5 Å². The van der Waals surface area contributed by atoms with Gasteiger partial charge in [0.05, 0.1) is 17.3 Å². The average molecular weight is 381 g/mol. The summed E-state index contributed by atoms with van der Waals surface area (Å²) in [7, 11) is 3.47. The van der Waals surface area contributed by atoms with Gasteiger partial charge in [0.25, 0.3) is 0 Å². The molecule has 0 bridgehead atoms. The highest BCUT2D eigenvalue weighted by Crippen LogP contribution is 2.39. The van der Waals surface area contributed by atoms with Crippen LogP contribution >= 0.6 is 11.6 Å². The number of benzene rings is 1. The summed E-state index contributed by atoms with van der Waals surface area (Å²) in [6.45, 7) is 0.895. The summed E-state index contributed by atoms with van der Waals surface area (Å²) in [5, 5.41) is 20.5. The van der Waals surface area contributed by atoms with E-state index in [2.05, 4.69) is 15.7 Å². The number of carbonyl (C=O) groups excluding carboxylic acids is 1. The van der Waals surface area contributed by atoms with E-state index in [1.807, 2.05) is 0 Å². The molecule has 0 radical (unpaired) electrons. The van der Waals surface area contributed by atoms with E-state index in [1.165, 1.54) is 0 Å². The summed E-state index contributed by atoms with van der Waals surface area (Å²) in [4.78, 5) is 12.4. The van der Waals surface area contributed by atoms with Crippen molar-refractivity contribution in [3.8, 4) is 11.5 Å². The molecule has 1 aliphatic heterocycles. The number of ether oxygens (including phenoxy) is 2. The predicted octanol–water partition coefficient (Wildman–Crippen LogP) is 0.955. The lowest BCUT2D eigenvalue weighted by Gasteiger charge is -2.22. The van der Waals surface area contributed by atoms with Crippen molar-refractivity contribution in [1.29, 1.82) is 0 Å². The van der Waals surface area contributed by atoms with Crippen molar-refractivity contribution in [2.24, 2.45) is 7.05 Å². The van der Waals surface area contributed by atoms with E-state index in [4.69, 9.17) is 21.1 Å². The SMILES string of the molecule is CNC(C(=O)NCC(O)c1cc(Cl)c2c(c1)OCCO2)c1cnn(C)c1. The first-order chi connectivity index (χ1) is 12.5. The monoisotopic (exact) mass is 380 g/mol. The molecule has 1 aliphatic rings. The molecule has 1 aromatic carbocycles. The number of hydrogen-bond acceptors (Lipinski definition) is 6. The maximum Gasteiger partial charge on any atom is 0.241 e. The van der Waals surface area contributed by atoms with Gasteiger partial charge in [-0.3, -0.25) is 9.48 Å². The molecule has 0 aliphatic carbocycles. The van der Waals surface area contributed by atoms with E-state index in [0.717, 1.165) is 5.56 Å². The van der Waals surface area contributed by atoms with Crippen LogP contribution in [-0.2, 0) is 11.8 Å². The normalized spacial score (nSPS) is 15.4. The van der Waals surface area contributed by atoms with Crippen molar-refractivity contribution in [1.82, 2.24) is 20.4 Å². The van der Waals surface area contributed by atoms with Crippen molar-refractivity contribution < 1.29 is 19.4 Å². The number of fused-ring (bicyclic) bond motifs is 1. The lowest BCUT2D eigenvalue weighted by atomic mass is 10.1. The molecule has 2 aromatic rings. The fraction of sp³-hybridized carbons (Fsp3) is 0.412. The highest BCUT2D eigenvalue weighted by Gasteiger charge is 2.23. The van der Waals surface area contributed by atoms with E-state index in [0.29, 0.717) is 35.3 Å². The van der Waals surface area contributed by atoms with Crippen LogP contribution in [0.1, 0.15) is 23.3 Å². The molecular weight excluding hydrogens is 360 g/mol. The van der Waals surface area contributed by atoms with E-state index in [9.17, 15) is 9.90 Å². The van der Waals surface area contributed by atoms with Crippen LogP contribution < -0.4 is 20.1 Å². The van der Waals surface area contributed by atoms with Gasteiger partial charge in [-0.15, -0.1) is 0 Å². The Kier molecular flexibility index (Phi) is 5.65. The standard InChI is InChI=1S/C17H21ClN4O4/c1-19-15(11-7-21-22(2)9-11)17(24)20-8-13(23)10-5-12(18)16-14(6-10)25-3-4-26-16/h5-7,9,13,15,19,23H,3-4,8H2,1-2H3,(H,20,24). The van der Waals surface area contributed by atoms with Gasteiger partial charge in [-0.05, 0) is 24.7 Å². The molecule has 9 heteroatoms. The fourth-order valence-electron chi connectivity index (χ4n) is 2.78. The molecule has 26 heavy (non-hydrogen) atoms. The lowest BCUT2D eigenvalue weighted by Crippen LogP contribution is -2.37. The molecule has 1 aromatic heterocycles. The number of aryl methyl sites for hydroxylation is 1. The molecule has 1 amide bonds. The first-order valence-corrected chi connectivity index (χ1v) is 8.58. The average Bonchev–Trinajstić information content (AvgIpc) is 3.06. The summed E-state index contributed by atoms with van der Waals surface area (Å²) >= 11 is 6.19. The molecule has 2 unspecified atom stereocenters. The van der Waals surface area contributed by atoms with E-state index < -0.39 is 12.1 Å². The second kappa shape index (κ2) is 7.94. The number of halogens is 1. The molecule has 140 valence electrons. The Labute approximate surface area is 156 Å². The minimum absolute atomic E-state index is 0.0350. The molecule has 0 fully saturated rings. The van der Waals surface area contributed by atoms with Gasteiger partial charge in [-0.1, -0.05) is 11.6 Å². The molecular formula is C17H21ClN4O4. The molecule has 2 atom stereocenters. The Bertz CT molecular complexity index is 795. The van der Waals surface area contributed by atoms with Gasteiger partial charge in [-0.2, -0.15) is 5.10 Å². The third kappa shape index (κ3) is 3.92. The summed E-state index contributed by atoms with van der Waals surface area (Å²) in [5.74, 6) is 0.709. The zero-order valence-corrected chi connectivity index (χ0v) is 15.3.